The first kappa shape index (κ1) is 23.1. The number of hydrogen-bond acceptors (Lipinski definition) is 4. The van der Waals surface area contributed by atoms with Crippen LogP contribution in [0.4, 0.5) is 0 Å². The Morgan fingerprint density at radius 3 is 1.37 bits per heavy atom. The van der Waals surface area contributed by atoms with Crippen LogP contribution in [-0.2, 0) is 9.47 Å². The monoisotopic (exact) mass is 406 g/mol. The molecule has 2 aromatic carbocycles. The van der Waals surface area contributed by atoms with Crippen LogP contribution >= 0.6 is 0 Å². The first-order valence-electron chi connectivity index (χ1n) is 10.6. The maximum absolute atomic E-state index is 12.4. The van der Waals surface area contributed by atoms with Gasteiger partial charge in [0.05, 0.1) is 11.1 Å². The fraction of sp³-hybridized carbons (Fsp3) is 0.308. The highest BCUT2D eigenvalue weighted by Gasteiger charge is 2.12. The molecule has 0 saturated heterocycles. The fourth-order valence-corrected chi connectivity index (χ4v) is 2.73. The Kier molecular flexibility index (Phi) is 10.1. The molecule has 2 aromatic rings. The number of rotatable bonds is 11. The first-order valence-corrected chi connectivity index (χ1v) is 10.6. The van der Waals surface area contributed by atoms with Crippen molar-refractivity contribution in [2.75, 3.05) is 0 Å². The van der Waals surface area contributed by atoms with Gasteiger partial charge < -0.3 is 9.47 Å². The predicted octanol–water partition coefficient (Wildman–Crippen LogP) is 6.85. The Hall–Kier alpha value is -3.14. The second-order valence-corrected chi connectivity index (χ2v) is 6.98. The summed E-state index contributed by atoms with van der Waals surface area (Å²) >= 11 is 0. The van der Waals surface area contributed by atoms with Crippen LogP contribution in [0.25, 0.3) is 0 Å². The van der Waals surface area contributed by atoms with E-state index in [0.29, 0.717) is 35.5 Å². The zero-order chi connectivity index (χ0) is 21.6. The van der Waals surface area contributed by atoms with E-state index in [-0.39, 0.29) is 11.9 Å². The van der Waals surface area contributed by atoms with Gasteiger partial charge in [0, 0.05) is 12.8 Å². The van der Waals surface area contributed by atoms with Crippen molar-refractivity contribution in [3.8, 4) is 0 Å². The number of ether oxygens (including phenoxy) is 2. The molecule has 0 aliphatic carbocycles. The molecular formula is C26H30O4. The molecule has 0 unspecified atom stereocenters. The molecule has 0 fully saturated rings. The third-order valence-electron chi connectivity index (χ3n) is 4.48. The lowest BCUT2D eigenvalue weighted by Gasteiger charge is -2.10. The number of allylic oxidation sites excluding steroid dienone is 4. The van der Waals surface area contributed by atoms with Gasteiger partial charge in [0.15, 0.2) is 0 Å². The number of unbranched alkanes of at least 4 members (excludes halogenated alkanes) is 2. The molecule has 0 heterocycles. The largest absolute Gasteiger partial charge is 0.427 e. The summed E-state index contributed by atoms with van der Waals surface area (Å²) in [7, 11) is 0. The van der Waals surface area contributed by atoms with Crippen LogP contribution < -0.4 is 0 Å². The SMILES string of the molecule is CCCC/C(=C/C=C(/CCCC)OC(=O)c1ccccc1)OC(=O)c1ccccc1. The van der Waals surface area contributed by atoms with Crippen molar-refractivity contribution in [2.45, 2.75) is 52.4 Å². The van der Waals surface area contributed by atoms with Crippen molar-refractivity contribution in [3.63, 3.8) is 0 Å². The third kappa shape index (κ3) is 8.08. The van der Waals surface area contributed by atoms with E-state index in [4.69, 9.17) is 9.47 Å². The smallest absolute Gasteiger partial charge is 0.343 e. The van der Waals surface area contributed by atoms with Crippen LogP contribution in [0.1, 0.15) is 73.1 Å². The minimum Gasteiger partial charge on any atom is -0.427 e. The van der Waals surface area contributed by atoms with Crippen molar-refractivity contribution < 1.29 is 19.1 Å². The van der Waals surface area contributed by atoms with E-state index < -0.39 is 0 Å². The molecule has 158 valence electrons. The molecule has 0 saturated carbocycles. The summed E-state index contributed by atoms with van der Waals surface area (Å²) < 4.78 is 11.2. The van der Waals surface area contributed by atoms with Gasteiger partial charge in [0.2, 0.25) is 0 Å². The van der Waals surface area contributed by atoms with Gasteiger partial charge in [-0.05, 0) is 49.3 Å². The van der Waals surface area contributed by atoms with Gasteiger partial charge in [-0.15, -0.1) is 0 Å². The van der Waals surface area contributed by atoms with Crippen LogP contribution in [0.15, 0.2) is 84.3 Å². The molecular weight excluding hydrogens is 376 g/mol. The highest BCUT2D eigenvalue weighted by atomic mass is 16.5. The van der Waals surface area contributed by atoms with Crippen LogP contribution in [-0.4, -0.2) is 11.9 Å². The van der Waals surface area contributed by atoms with Gasteiger partial charge in [-0.1, -0.05) is 63.1 Å². The van der Waals surface area contributed by atoms with Crippen molar-refractivity contribution in [2.24, 2.45) is 0 Å². The van der Waals surface area contributed by atoms with Crippen molar-refractivity contribution >= 4 is 11.9 Å². The molecule has 0 N–H and O–H groups in total. The first-order chi connectivity index (χ1) is 14.6. The zero-order valence-corrected chi connectivity index (χ0v) is 17.8. The summed E-state index contributed by atoms with van der Waals surface area (Å²) in [4.78, 5) is 24.9. The molecule has 4 heteroatoms. The molecule has 0 bridgehead atoms. The standard InChI is InChI=1S/C26H30O4/c1-3-5-17-23(29-25(27)21-13-9-7-10-14-21)19-20-24(18-6-4-2)30-26(28)22-15-11-8-12-16-22/h7-16,19-20H,3-6,17-18H2,1-2H3/b23-19-,24-20-. The maximum Gasteiger partial charge on any atom is 0.343 e. The normalized spacial score (nSPS) is 11.8. The average Bonchev–Trinajstić information content (AvgIpc) is 2.79. The molecule has 0 radical (unpaired) electrons. The van der Waals surface area contributed by atoms with E-state index >= 15 is 0 Å². The lowest BCUT2D eigenvalue weighted by atomic mass is 10.1. The van der Waals surface area contributed by atoms with Crippen molar-refractivity contribution in [1.29, 1.82) is 0 Å². The molecule has 0 amide bonds. The minimum absolute atomic E-state index is 0.386. The summed E-state index contributed by atoms with van der Waals surface area (Å²) in [5.74, 6) is 0.358. The maximum atomic E-state index is 12.4. The topological polar surface area (TPSA) is 52.6 Å². The highest BCUT2D eigenvalue weighted by Crippen LogP contribution is 2.17. The van der Waals surface area contributed by atoms with E-state index in [0.717, 1.165) is 25.7 Å². The van der Waals surface area contributed by atoms with E-state index in [1.807, 2.05) is 12.1 Å². The van der Waals surface area contributed by atoms with Crippen LogP contribution in [0.2, 0.25) is 0 Å². The Labute approximate surface area is 179 Å². The number of carbonyl (C=O) groups is 2. The summed E-state index contributed by atoms with van der Waals surface area (Å²) in [5, 5.41) is 0. The minimum atomic E-state index is -0.386. The van der Waals surface area contributed by atoms with Gasteiger partial charge in [0.25, 0.3) is 0 Å². The second-order valence-electron chi connectivity index (χ2n) is 6.98. The Morgan fingerprint density at radius 1 is 0.667 bits per heavy atom. The summed E-state index contributed by atoms with van der Waals surface area (Å²) in [5.41, 5.74) is 1.01. The number of esters is 2. The third-order valence-corrected chi connectivity index (χ3v) is 4.48. The van der Waals surface area contributed by atoms with E-state index in [9.17, 15) is 9.59 Å². The van der Waals surface area contributed by atoms with Crippen LogP contribution in [0, 0.1) is 0 Å². The molecule has 30 heavy (non-hydrogen) atoms. The second kappa shape index (κ2) is 13.2. The predicted molar refractivity (Wildman–Crippen MR) is 119 cm³/mol. The van der Waals surface area contributed by atoms with Crippen LogP contribution in [0.3, 0.4) is 0 Å². The molecule has 0 atom stereocenters. The van der Waals surface area contributed by atoms with Crippen molar-refractivity contribution in [1.82, 2.24) is 0 Å². The lowest BCUT2D eigenvalue weighted by Crippen LogP contribution is -2.06. The molecule has 2 rings (SSSR count). The van der Waals surface area contributed by atoms with E-state index in [1.54, 1.807) is 60.7 Å². The van der Waals surface area contributed by atoms with Gasteiger partial charge in [-0.2, -0.15) is 0 Å². The summed E-state index contributed by atoms with van der Waals surface area (Å²) in [6.07, 6.45) is 8.54. The summed E-state index contributed by atoms with van der Waals surface area (Å²) in [6.45, 7) is 4.17. The Morgan fingerprint density at radius 2 is 1.03 bits per heavy atom. The van der Waals surface area contributed by atoms with Gasteiger partial charge in [-0.3, -0.25) is 0 Å². The quantitative estimate of drug-likeness (QED) is 0.233. The fourth-order valence-electron chi connectivity index (χ4n) is 2.73. The molecule has 4 nitrogen and oxygen atoms in total. The molecule has 0 aromatic heterocycles. The zero-order valence-electron chi connectivity index (χ0n) is 17.8. The van der Waals surface area contributed by atoms with Crippen LogP contribution in [0.5, 0.6) is 0 Å². The molecule has 0 spiro atoms. The number of benzene rings is 2. The summed E-state index contributed by atoms with van der Waals surface area (Å²) in [6, 6.07) is 17.8. The highest BCUT2D eigenvalue weighted by molar-refractivity contribution is 5.90. The lowest BCUT2D eigenvalue weighted by molar-refractivity contribution is 0.0597. The molecule has 0 aliphatic heterocycles. The van der Waals surface area contributed by atoms with Gasteiger partial charge in [0.1, 0.15) is 11.5 Å². The molecule has 0 aliphatic rings. The Balaban J connectivity index is 2.17. The van der Waals surface area contributed by atoms with Gasteiger partial charge >= 0.3 is 11.9 Å². The van der Waals surface area contributed by atoms with Crippen molar-refractivity contribution in [3.05, 3.63) is 95.5 Å². The Bertz CT molecular complexity index is 778. The van der Waals surface area contributed by atoms with Gasteiger partial charge in [-0.25, -0.2) is 9.59 Å². The van der Waals surface area contributed by atoms with E-state index in [1.165, 1.54) is 0 Å². The number of hydrogen-bond donors (Lipinski definition) is 0. The van der Waals surface area contributed by atoms with E-state index in [2.05, 4.69) is 13.8 Å². The average molecular weight is 407 g/mol. The number of carbonyl (C=O) groups excluding carboxylic acids is 2.